The summed E-state index contributed by atoms with van der Waals surface area (Å²) >= 11 is 4.87. The van der Waals surface area contributed by atoms with E-state index in [-0.39, 0.29) is 17.3 Å². The molecule has 1 aromatic heterocycles. The summed E-state index contributed by atoms with van der Waals surface area (Å²) in [6, 6.07) is 1.90. The Hall–Kier alpha value is -0.230. The maximum absolute atomic E-state index is 12.2. The molecular formula is C13H18BrNO2S. The third kappa shape index (κ3) is 3.02. The van der Waals surface area contributed by atoms with Crippen molar-refractivity contribution >= 4 is 33.0 Å². The number of rotatable bonds is 3. The molecule has 1 unspecified atom stereocenters. The van der Waals surface area contributed by atoms with E-state index < -0.39 is 0 Å². The summed E-state index contributed by atoms with van der Waals surface area (Å²) < 4.78 is 0.883. The number of ketones is 1. The number of aliphatic hydroxyl groups is 1. The monoisotopic (exact) mass is 331 g/mol. The average molecular weight is 332 g/mol. The van der Waals surface area contributed by atoms with E-state index in [0.717, 1.165) is 28.9 Å². The molecule has 18 heavy (non-hydrogen) atoms. The van der Waals surface area contributed by atoms with Crippen molar-refractivity contribution in [3.63, 3.8) is 0 Å². The molecule has 0 aliphatic carbocycles. The topological polar surface area (TPSA) is 40.5 Å². The van der Waals surface area contributed by atoms with Crippen molar-refractivity contribution in [2.24, 2.45) is 5.41 Å². The first-order valence-corrected chi connectivity index (χ1v) is 7.74. The first-order valence-electron chi connectivity index (χ1n) is 6.07. The molecule has 0 radical (unpaired) electrons. The van der Waals surface area contributed by atoms with Gasteiger partial charge < -0.3 is 5.11 Å². The van der Waals surface area contributed by atoms with E-state index in [4.69, 9.17) is 0 Å². The summed E-state index contributed by atoms with van der Waals surface area (Å²) in [5.74, 6) is 0.157. The van der Waals surface area contributed by atoms with Crippen LogP contribution in [0.25, 0.3) is 0 Å². The lowest BCUT2D eigenvalue weighted by Crippen LogP contribution is -2.49. The molecule has 2 heterocycles. The van der Waals surface area contributed by atoms with Crippen molar-refractivity contribution < 1.29 is 9.90 Å². The number of thiophene rings is 1. The molecule has 5 heteroatoms. The summed E-state index contributed by atoms with van der Waals surface area (Å²) in [7, 11) is 0. The molecule has 1 aromatic rings. The van der Waals surface area contributed by atoms with E-state index in [0.29, 0.717) is 6.54 Å². The zero-order chi connectivity index (χ0) is 13.3. The molecule has 1 atom stereocenters. The second kappa shape index (κ2) is 5.41. The van der Waals surface area contributed by atoms with Gasteiger partial charge in [-0.25, -0.2) is 0 Å². The molecule has 1 fully saturated rings. The number of carbonyl (C=O) groups is 1. The van der Waals surface area contributed by atoms with Gasteiger partial charge in [-0.15, -0.1) is 11.3 Å². The second-order valence-electron chi connectivity index (χ2n) is 5.52. The maximum atomic E-state index is 12.2. The lowest BCUT2D eigenvalue weighted by Gasteiger charge is -2.41. The third-order valence-corrected chi connectivity index (χ3v) is 5.37. The number of carbonyl (C=O) groups excluding carboxylic acids is 1. The van der Waals surface area contributed by atoms with Gasteiger partial charge in [-0.2, -0.15) is 0 Å². The normalized spacial score (nSPS) is 24.1. The second-order valence-corrected chi connectivity index (χ2v) is 7.30. The minimum atomic E-state index is -0.266. The highest BCUT2D eigenvalue weighted by molar-refractivity contribution is 9.10. The highest BCUT2D eigenvalue weighted by Crippen LogP contribution is 2.30. The quantitative estimate of drug-likeness (QED) is 0.866. The van der Waals surface area contributed by atoms with Crippen LogP contribution in [0.1, 0.15) is 29.9 Å². The molecule has 0 amide bonds. The van der Waals surface area contributed by atoms with E-state index >= 15 is 0 Å². The van der Waals surface area contributed by atoms with Crippen LogP contribution >= 0.6 is 27.3 Å². The van der Waals surface area contributed by atoms with Crippen LogP contribution in [0.4, 0.5) is 0 Å². The first kappa shape index (κ1) is 14.2. The Kier molecular flexibility index (Phi) is 4.26. The molecule has 3 nitrogen and oxygen atoms in total. The Bertz CT molecular complexity index is 444. The van der Waals surface area contributed by atoms with E-state index in [9.17, 15) is 9.90 Å². The lowest BCUT2D eigenvalue weighted by atomic mass is 9.81. The average Bonchev–Trinajstić information content (AvgIpc) is 2.69. The largest absolute Gasteiger partial charge is 0.392 e. The number of hydrogen-bond donors (Lipinski definition) is 1. The van der Waals surface area contributed by atoms with Gasteiger partial charge in [0.25, 0.3) is 0 Å². The molecule has 1 N–H and O–H groups in total. The minimum absolute atomic E-state index is 0.134. The number of nitrogens with zero attached hydrogens (tertiary/aromatic N) is 1. The van der Waals surface area contributed by atoms with Gasteiger partial charge in [0.05, 0.1) is 17.5 Å². The van der Waals surface area contributed by atoms with Crippen LogP contribution in [0.3, 0.4) is 0 Å². The number of Topliss-reactive ketones (excluding diaryl/α,β-unsaturated/α-hetero) is 1. The van der Waals surface area contributed by atoms with Crippen LogP contribution in [-0.2, 0) is 0 Å². The van der Waals surface area contributed by atoms with Crippen molar-refractivity contribution in [2.45, 2.75) is 26.4 Å². The van der Waals surface area contributed by atoms with E-state index in [1.807, 2.05) is 11.4 Å². The predicted octanol–water partition coefficient (Wildman–Crippen LogP) is 2.79. The van der Waals surface area contributed by atoms with Gasteiger partial charge in [-0.1, -0.05) is 13.8 Å². The minimum Gasteiger partial charge on any atom is -0.392 e. The Morgan fingerprint density at radius 1 is 1.67 bits per heavy atom. The van der Waals surface area contributed by atoms with Gasteiger partial charge >= 0.3 is 0 Å². The summed E-state index contributed by atoms with van der Waals surface area (Å²) in [5.41, 5.74) is -0.134. The maximum Gasteiger partial charge on any atom is 0.187 e. The molecule has 0 spiro atoms. The summed E-state index contributed by atoms with van der Waals surface area (Å²) in [5, 5.41) is 11.8. The fraction of sp³-hybridized carbons (Fsp3) is 0.615. The van der Waals surface area contributed by atoms with Crippen molar-refractivity contribution in [3.8, 4) is 0 Å². The molecule has 1 aliphatic rings. The van der Waals surface area contributed by atoms with Crippen molar-refractivity contribution in [3.05, 3.63) is 20.8 Å². The van der Waals surface area contributed by atoms with E-state index in [1.54, 1.807) is 0 Å². The Balaban J connectivity index is 1.99. The van der Waals surface area contributed by atoms with E-state index in [1.165, 1.54) is 11.3 Å². The van der Waals surface area contributed by atoms with E-state index in [2.05, 4.69) is 34.7 Å². The van der Waals surface area contributed by atoms with Gasteiger partial charge in [-0.05, 0) is 33.8 Å². The number of aliphatic hydroxyl groups excluding tert-OH is 1. The van der Waals surface area contributed by atoms with Crippen LogP contribution < -0.4 is 0 Å². The number of halogens is 1. The Morgan fingerprint density at radius 2 is 2.39 bits per heavy atom. The highest BCUT2D eigenvalue weighted by Gasteiger charge is 2.35. The van der Waals surface area contributed by atoms with Gasteiger partial charge in [0.15, 0.2) is 5.78 Å². The highest BCUT2D eigenvalue weighted by atomic mass is 79.9. The van der Waals surface area contributed by atoms with Gasteiger partial charge in [0.1, 0.15) is 0 Å². The Labute approximate surface area is 120 Å². The van der Waals surface area contributed by atoms with Gasteiger partial charge in [-0.3, -0.25) is 9.69 Å². The molecule has 1 saturated heterocycles. The van der Waals surface area contributed by atoms with Gasteiger partial charge in [0.2, 0.25) is 0 Å². The van der Waals surface area contributed by atoms with Crippen molar-refractivity contribution in [2.75, 3.05) is 19.6 Å². The third-order valence-electron chi connectivity index (χ3n) is 3.49. The summed E-state index contributed by atoms with van der Waals surface area (Å²) in [4.78, 5) is 15.1. The smallest absolute Gasteiger partial charge is 0.187 e. The van der Waals surface area contributed by atoms with Crippen LogP contribution in [0, 0.1) is 5.41 Å². The molecule has 0 aromatic carbocycles. The Morgan fingerprint density at radius 3 is 2.94 bits per heavy atom. The molecule has 1 aliphatic heterocycles. The van der Waals surface area contributed by atoms with Crippen LogP contribution in [0.2, 0.25) is 0 Å². The molecule has 0 saturated carbocycles. The van der Waals surface area contributed by atoms with Crippen molar-refractivity contribution in [1.82, 2.24) is 4.90 Å². The molecular weight excluding hydrogens is 314 g/mol. The van der Waals surface area contributed by atoms with Gasteiger partial charge in [0, 0.05) is 23.0 Å². The SMILES string of the molecule is CC1(C)CN(CC(=O)c2sccc2Br)CCC1O. The number of piperidine rings is 1. The number of hydrogen-bond acceptors (Lipinski definition) is 4. The predicted molar refractivity (Wildman–Crippen MR) is 77.2 cm³/mol. The molecule has 0 bridgehead atoms. The first-order chi connectivity index (χ1) is 8.40. The summed E-state index contributed by atoms with van der Waals surface area (Å²) in [6.45, 7) is 6.10. The number of likely N-dealkylation sites (tertiary alicyclic amines) is 1. The zero-order valence-electron chi connectivity index (χ0n) is 10.6. The summed E-state index contributed by atoms with van der Waals surface area (Å²) in [6.07, 6.45) is 0.476. The lowest BCUT2D eigenvalue weighted by molar-refractivity contribution is -0.0223. The van der Waals surface area contributed by atoms with Crippen molar-refractivity contribution in [1.29, 1.82) is 0 Å². The fourth-order valence-corrected chi connectivity index (χ4v) is 3.88. The van der Waals surface area contributed by atoms with Crippen LogP contribution in [-0.4, -0.2) is 41.5 Å². The van der Waals surface area contributed by atoms with Crippen LogP contribution in [0.15, 0.2) is 15.9 Å². The molecule has 100 valence electrons. The van der Waals surface area contributed by atoms with Crippen LogP contribution in [0.5, 0.6) is 0 Å². The zero-order valence-corrected chi connectivity index (χ0v) is 13.1. The standard InChI is InChI=1S/C13H18BrNO2S/c1-13(2)8-15(5-3-11(13)17)7-10(16)12-9(14)4-6-18-12/h4,6,11,17H,3,5,7-8H2,1-2H3. The molecule has 2 rings (SSSR count). The fourth-order valence-electron chi connectivity index (χ4n) is 2.36.